The molecule has 0 radical (unpaired) electrons. The van der Waals surface area contributed by atoms with E-state index in [1.165, 1.54) is 29.7 Å². The molecule has 1 fully saturated rings. The second kappa shape index (κ2) is 6.31. The average Bonchev–Trinajstić information content (AvgIpc) is 2.82. The SMILES string of the molecule is COc1ccc(C)cc1CNCC1CCCS1. The number of rotatable bonds is 5. The molecule has 0 aromatic heterocycles. The molecule has 1 aromatic carbocycles. The zero-order valence-electron chi connectivity index (χ0n) is 10.7. The van der Waals surface area contributed by atoms with Gasteiger partial charge in [-0.05, 0) is 31.6 Å². The second-order valence-corrected chi connectivity index (χ2v) is 5.99. The molecule has 0 saturated carbocycles. The van der Waals surface area contributed by atoms with Gasteiger partial charge in [-0.3, -0.25) is 0 Å². The van der Waals surface area contributed by atoms with E-state index in [0.29, 0.717) is 0 Å². The first-order valence-corrected chi connectivity index (χ1v) is 7.30. The Bertz CT molecular complexity index is 361. The summed E-state index contributed by atoms with van der Waals surface area (Å²) in [6.07, 6.45) is 2.74. The molecule has 94 valence electrons. The Kier molecular flexibility index (Phi) is 4.75. The summed E-state index contributed by atoms with van der Waals surface area (Å²) in [5.74, 6) is 2.32. The highest BCUT2D eigenvalue weighted by Crippen LogP contribution is 2.25. The van der Waals surface area contributed by atoms with E-state index in [9.17, 15) is 0 Å². The minimum absolute atomic E-state index is 0.811. The number of methoxy groups -OCH3 is 1. The highest BCUT2D eigenvalue weighted by molar-refractivity contribution is 8.00. The Labute approximate surface area is 108 Å². The number of aryl methyl sites for hydroxylation is 1. The van der Waals surface area contributed by atoms with Crippen LogP contribution in [0.3, 0.4) is 0 Å². The molecule has 1 aliphatic heterocycles. The minimum Gasteiger partial charge on any atom is -0.496 e. The Morgan fingerprint density at radius 2 is 2.35 bits per heavy atom. The van der Waals surface area contributed by atoms with Gasteiger partial charge in [-0.15, -0.1) is 0 Å². The highest BCUT2D eigenvalue weighted by atomic mass is 32.2. The first-order chi connectivity index (χ1) is 8.29. The van der Waals surface area contributed by atoms with Crippen LogP contribution in [-0.2, 0) is 6.54 Å². The monoisotopic (exact) mass is 251 g/mol. The summed E-state index contributed by atoms with van der Waals surface area (Å²) in [4.78, 5) is 0. The molecule has 0 aliphatic carbocycles. The lowest BCUT2D eigenvalue weighted by molar-refractivity contribution is 0.407. The maximum Gasteiger partial charge on any atom is 0.123 e. The average molecular weight is 251 g/mol. The molecule has 2 nitrogen and oxygen atoms in total. The van der Waals surface area contributed by atoms with Crippen LogP contribution in [0.25, 0.3) is 0 Å². The fraction of sp³-hybridized carbons (Fsp3) is 0.571. The van der Waals surface area contributed by atoms with Crippen molar-refractivity contribution in [3.05, 3.63) is 29.3 Å². The van der Waals surface area contributed by atoms with E-state index in [1.807, 2.05) is 0 Å². The predicted molar refractivity (Wildman–Crippen MR) is 74.9 cm³/mol. The Balaban J connectivity index is 1.86. The molecule has 2 rings (SSSR count). The predicted octanol–water partition coefficient (Wildman–Crippen LogP) is 2.99. The van der Waals surface area contributed by atoms with Gasteiger partial charge in [0.2, 0.25) is 0 Å². The Morgan fingerprint density at radius 3 is 3.06 bits per heavy atom. The highest BCUT2D eigenvalue weighted by Gasteiger charge is 2.14. The van der Waals surface area contributed by atoms with Crippen molar-refractivity contribution < 1.29 is 4.74 Å². The van der Waals surface area contributed by atoms with Crippen molar-refractivity contribution in [1.29, 1.82) is 0 Å². The molecule has 0 spiro atoms. The zero-order valence-corrected chi connectivity index (χ0v) is 11.5. The van der Waals surface area contributed by atoms with Gasteiger partial charge in [0.1, 0.15) is 5.75 Å². The molecule has 17 heavy (non-hydrogen) atoms. The van der Waals surface area contributed by atoms with E-state index < -0.39 is 0 Å². The Morgan fingerprint density at radius 1 is 1.47 bits per heavy atom. The Hall–Kier alpha value is -0.670. The van der Waals surface area contributed by atoms with Gasteiger partial charge in [0.25, 0.3) is 0 Å². The number of thioether (sulfide) groups is 1. The first-order valence-electron chi connectivity index (χ1n) is 6.25. The summed E-state index contributed by atoms with van der Waals surface area (Å²) in [6, 6.07) is 6.35. The molecule has 1 N–H and O–H groups in total. The van der Waals surface area contributed by atoms with E-state index in [2.05, 4.69) is 42.2 Å². The fourth-order valence-corrected chi connectivity index (χ4v) is 3.45. The van der Waals surface area contributed by atoms with Crippen molar-refractivity contribution in [2.45, 2.75) is 31.6 Å². The van der Waals surface area contributed by atoms with E-state index in [0.717, 1.165) is 24.1 Å². The minimum atomic E-state index is 0.811. The van der Waals surface area contributed by atoms with Gasteiger partial charge in [-0.25, -0.2) is 0 Å². The van der Waals surface area contributed by atoms with Crippen LogP contribution in [0.1, 0.15) is 24.0 Å². The summed E-state index contributed by atoms with van der Waals surface area (Å²) >= 11 is 2.10. The molecule has 1 heterocycles. The van der Waals surface area contributed by atoms with E-state index in [4.69, 9.17) is 4.74 Å². The van der Waals surface area contributed by atoms with Crippen molar-refractivity contribution in [2.24, 2.45) is 0 Å². The normalized spacial score (nSPS) is 19.5. The third kappa shape index (κ3) is 3.65. The van der Waals surface area contributed by atoms with Crippen LogP contribution in [0.15, 0.2) is 18.2 Å². The molecular formula is C14H21NOS. The van der Waals surface area contributed by atoms with Crippen molar-refractivity contribution in [1.82, 2.24) is 5.32 Å². The molecular weight excluding hydrogens is 230 g/mol. The third-order valence-electron chi connectivity index (χ3n) is 3.15. The zero-order chi connectivity index (χ0) is 12.1. The fourth-order valence-electron chi connectivity index (χ4n) is 2.22. The summed E-state index contributed by atoms with van der Waals surface area (Å²) in [5.41, 5.74) is 2.55. The van der Waals surface area contributed by atoms with E-state index in [-0.39, 0.29) is 0 Å². The van der Waals surface area contributed by atoms with Crippen LogP contribution in [0, 0.1) is 6.92 Å². The van der Waals surface area contributed by atoms with Crippen LogP contribution in [-0.4, -0.2) is 24.7 Å². The summed E-state index contributed by atoms with van der Waals surface area (Å²) in [7, 11) is 1.74. The first kappa shape index (κ1) is 12.8. The van der Waals surface area contributed by atoms with Crippen molar-refractivity contribution in [3.63, 3.8) is 0 Å². The summed E-state index contributed by atoms with van der Waals surface area (Å²) < 4.78 is 5.38. The molecule has 1 atom stereocenters. The number of ether oxygens (including phenoxy) is 1. The maximum absolute atomic E-state index is 5.38. The summed E-state index contributed by atoms with van der Waals surface area (Å²) in [6.45, 7) is 4.14. The standard InChI is InChI=1S/C14H21NOS/c1-11-5-6-14(16-2)12(8-11)9-15-10-13-4-3-7-17-13/h5-6,8,13,15H,3-4,7,9-10H2,1-2H3. The summed E-state index contributed by atoms with van der Waals surface area (Å²) in [5, 5.41) is 4.36. The van der Waals surface area contributed by atoms with Crippen LogP contribution in [0.2, 0.25) is 0 Å². The number of benzene rings is 1. The molecule has 1 unspecified atom stereocenters. The van der Waals surface area contributed by atoms with Gasteiger partial charge in [0, 0.05) is 23.9 Å². The van der Waals surface area contributed by atoms with Gasteiger partial charge in [0.15, 0.2) is 0 Å². The third-order valence-corrected chi connectivity index (χ3v) is 4.55. The van der Waals surface area contributed by atoms with Crippen molar-refractivity contribution in [3.8, 4) is 5.75 Å². The van der Waals surface area contributed by atoms with Gasteiger partial charge < -0.3 is 10.1 Å². The maximum atomic E-state index is 5.38. The topological polar surface area (TPSA) is 21.3 Å². The lowest BCUT2D eigenvalue weighted by atomic mass is 10.1. The second-order valence-electron chi connectivity index (χ2n) is 4.58. The number of nitrogens with one attached hydrogen (secondary N) is 1. The molecule has 1 saturated heterocycles. The van der Waals surface area contributed by atoms with Gasteiger partial charge in [-0.2, -0.15) is 11.8 Å². The molecule has 0 amide bonds. The van der Waals surface area contributed by atoms with Crippen molar-refractivity contribution >= 4 is 11.8 Å². The lowest BCUT2D eigenvalue weighted by Crippen LogP contribution is -2.22. The smallest absolute Gasteiger partial charge is 0.123 e. The number of hydrogen-bond donors (Lipinski definition) is 1. The quantitative estimate of drug-likeness (QED) is 0.869. The molecule has 1 aromatic rings. The van der Waals surface area contributed by atoms with E-state index in [1.54, 1.807) is 7.11 Å². The van der Waals surface area contributed by atoms with Crippen LogP contribution < -0.4 is 10.1 Å². The van der Waals surface area contributed by atoms with Crippen LogP contribution in [0.4, 0.5) is 0 Å². The van der Waals surface area contributed by atoms with Crippen molar-refractivity contribution in [2.75, 3.05) is 19.4 Å². The van der Waals surface area contributed by atoms with E-state index >= 15 is 0 Å². The van der Waals surface area contributed by atoms with Gasteiger partial charge in [0.05, 0.1) is 7.11 Å². The van der Waals surface area contributed by atoms with Crippen LogP contribution >= 0.6 is 11.8 Å². The number of hydrogen-bond acceptors (Lipinski definition) is 3. The van der Waals surface area contributed by atoms with Crippen LogP contribution in [0.5, 0.6) is 5.75 Å². The largest absolute Gasteiger partial charge is 0.496 e. The van der Waals surface area contributed by atoms with Gasteiger partial charge >= 0.3 is 0 Å². The molecule has 1 aliphatic rings. The lowest BCUT2D eigenvalue weighted by Gasteiger charge is -2.13. The van der Waals surface area contributed by atoms with Gasteiger partial charge in [-0.1, -0.05) is 17.7 Å². The molecule has 0 bridgehead atoms. The molecule has 3 heteroatoms.